The first kappa shape index (κ1) is 14.1. The second-order valence-corrected chi connectivity index (χ2v) is 5.82. The van der Waals surface area contributed by atoms with Crippen molar-refractivity contribution in [1.29, 1.82) is 0 Å². The molecule has 0 bridgehead atoms. The Balaban J connectivity index is 1.54. The number of ether oxygens (including phenoxy) is 1. The molecule has 3 heteroatoms. The van der Waals surface area contributed by atoms with E-state index in [1.54, 1.807) is 7.11 Å². The summed E-state index contributed by atoms with van der Waals surface area (Å²) in [7, 11) is 1.72. The Labute approximate surface area is 126 Å². The van der Waals surface area contributed by atoms with Gasteiger partial charge in [0.15, 0.2) is 0 Å². The quantitative estimate of drug-likeness (QED) is 0.908. The molecule has 0 radical (unpaired) electrons. The molecule has 1 saturated carbocycles. The third kappa shape index (κ3) is 3.24. The van der Waals surface area contributed by atoms with Crippen molar-refractivity contribution >= 4 is 0 Å². The fraction of sp³-hybridized carbons (Fsp3) is 0.389. The molecule has 1 heterocycles. The van der Waals surface area contributed by atoms with E-state index in [0.717, 1.165) is 5.75 Å². The highest BCUT2D eigenvalue weighted by Gasteiger charge is 2.31. The predicted molar refractivity (Wildman–Crippen MR) is 84.5 cm³/mol. The average Bonchev–Trinajstić information content (AvgIpc) is 2.51. The van der Waals surface area contributed by atoms with Crippen molar-refractivity contribution in [3.05, 3.63) is 59.9 Å². The van der Waals surface area contributed by atoms with Crippen molar-refractivity contribution < 1.29 is 4.74 Å². The lowest BCUT2D eigenvalue weighted by molar-refractivity contribution is 0.270. The number of methoxy groups -OCH3 is 1. The number of benzene rings is 1. The van der Waals surface area contributed by atoms with E-state index in [-0.39, 0.29) is 0 Å². The van der Waals surface area contributed by atoms with E-state index in [1.807, 2.05) is 24.5 Å². The molecule has 1 aromatic carbocycles. The van der Waals surface area contributed by atoms with Gasteiger partial charge in [-0.15, -0.1) is 0 Å². The molecular weight excluding hydrogens is 260 g/mol. The molecule has 0 aliphatic heterocycles. The van der Waals surface area contributed by atoms with Crippen LogP contribution in [0.4, 0.5) is 0 Å². The third-order valence-electron chi connectivity index (χ3n) is 4.37. The molecular formula is C18H22N2O. The minimum atomic E-state index is 0.356. The standard InChI is InChI=1S/C18H22N2O/c1-13(15-6-4-8-19-12-15)20-17-9-16(10-17)14-5-3-7-18(11-14)21-2/h3-8,11-13,16-17,20H,9-10H2,1-2H3/t13-,16?,17?/m1/s1. The van der Waals surface area contributed by atoms with E-state index in [1.165, 1.54) is 24.0 Å². The molecule has 3 rings (SSSR count). The highest BCUT2D eigenvalue weighted by molar-refractivity contribution is 5.32. The van der Waals surface area contributed by atoms with Gasteiger partial charge >= 0.3 is 0 Å². The molecule has 3 nitrogen and oxygen atoms in total. The van der Waals surface area contributed by atoms with Crippen LogP contribution < -0.4 is 10.1 Å². The molecule has 0 spiro atoms. The molecule has 1 atom stereocenters. The van der Waals surface area contributed by atoms with Gasteiger partial charge in [0.05, 0.1) is 7.11 Å². The second-order valence-electron chi connectivity index (χ2n) is 5.82. The lowest BCUT2D eigenvalue weighted by Crippen LogP contribution is -2.41. The van der Waals surface area contributed by atoms with Gasteiger partial charge in [0.25, 0.3) is 0 Å². The zero-order chi connectivity index (χ0) is 14.7. The summed E-state index contributed by atoms with van der Waals surface area (Å²) < 4.78 is 5.30. The molecule has 0 saturated heterocycles. The zero-order valence-electron chi connectivity index (χ0n) is 12.6. The van der Waals surface area contributed by atoms with Gasteiger partial charge in [0, 0.05) is 24.5 Å². The number of aromatic nitrogens is 1. The summed E-state index contributed by atoms with van der Waals surface area (Å²) >= 11 is 0. The van der Waals surface area contributed by atoms with Crippen molar-refractivity contribution in [1.82, 2.24) is 10.3 Å². The smallest absolute Gasteiger partial charge is 0.119 e. The van der Waals surface area contributed by atoms with Gasteiger partial charge < -0.3 is 10.1 Å². The van der Waals surface area contributed by atoms with Crippen LogP contribution in [0.1, 0.15) is 42.9 Å². The van der Waals surface area contributed by atoms with Crippen LogP contribution in [-0.4, -0.2) is 18.1 Å². The summed E-state index contributed by atoms with van der Waals surface area (Å²) in [6.45, 7) is 2.20. The highest BCUT2D eigenvalue weighted by Crippen LogP contribution is 2.38. The Kier molecular flexibility index (Phi) is 4.20. The van der Waals surface area contributed by atoms with Crippen molar-refractivity contribution in [3.8, 4) is 5.75 Å². The molecule has 1 aliphatic rings. The maximum atomic E-state index is 5.30. The Morgan fingerprint density at radius 2 is 2.10 bits per heavy atom. The minimum absolute atomic E-state index is 0.356. The summed E-state index contributed by atoms with van der Waals surface area (Å²) in [4.78, 5) is 4.18. The number of pyridine rings is 1. The van der Waals surface area contributed by atoms with Gasteiger partial charge in [-0.3, -0.25) is 4.98 Å². The summed E-state index contributed by atoms with van der Waals surface area (Å²) in [5.41, 5.74) is 2.64. The highest BCUT2D eigenvalue weighted by atomic mass is 16.5. The molecule has 1 aliphatic carbocycles. The third-order valence-corrected chi connectivity index (χ3v) is 4.37. The topological polar surface area (TPSA) is 34.1 Å². The SMILES string of the molecule is COc1cccc(C2CC(N[C@H](C)c3cccnc3)C2)c1. The average molecular weight is 282 g/mol. The monoisotopic (exact) mass is 282 g/mol. The van der Waals surface area contributed by atoms with Crippen molar-refractivity contribution in [2.75, 3.05) is 7.11 Å². The molecule has 21 heavy (non-hydrogen) atoms. The first-order valence-electron chi connectivity index (χ1n) is 7.56. The maximum absolute atomic E-state index is 5.30. The summed E-state index contributed by atoms with van der Waals surface area (Å²) in [5.74, 6) is 1.60. The van der Waals surface area contributed by atoms with E-state index in [0.29, 0.717) is 18.0 Å². The van der Waals surface area contributed by atoms with Gasteiger partial charge in [0.2, 0.25) is 0 Å². The van der Waals surface area contributed by atoms with Crippen LogP contribution in [0, 0.1) is 0 Å². The number of nitrogens with one attached hydrogen (secondary N) is 1. The van der Waals surface area contributed by atoms with Crippen molar-refractivity contribution in [3.63, 3.8) is 0 Å². The maximum Gasteiger partial charge on any atom is 0.119 e. The normalized spacial score (nSPS) is 22.4. The van der Waals surface area contributed by atoms with E-state index in [9.17, 15) is 0 Å². The zero-order valence-corrected chi connectivity index (χ0v) is 12.6. The fourth-order valence-corrected chi connectivity index (χ4v) is 3.00. The number of hydrogen-bond acceptors (Lipinski definition) is 3. The van der Waals surface area contributed by atoms with Gasteiger partial charge in [-0.2, -0.15) is 0 Å². The Morgan fingerprint density at radius 1 is 1.24 bits per heavy atom. The first-order chi connectivity index (χ1) is 10.3. The van der Waals surface area contributed by atoms with Crippen LogP contribution >= 0.6 is 0 Å². The number of hydrogen-bond donors (Lipinski definition) is 1. The molecule has 1 fully saturated rings. The second kappa shape index (κ2) is 6.27. The fourth-order valence-electron chi connectivity index (χ4n) is 3.00. The Morgan fingerprint density at radius 3 is 2.81 bits per heavy atom. The molecule has 1 aromatic heterocycles. The Hall–Kier alpha value is -1.87. The minimum Gasteiger partial charge on any atom is -0.497 e. The van der Waals surface area contributed by atoms with Crippen LogP contribution in [0.2, 0.25) is 0 Å². The van der Waals surface area contributed by atoms with Crippen LogP contribution in [0.5, 0.6) is 5.75 Å². The van der Waals surface area contributed by atoms with Gasteiger partial charge in [-0.1, -0.05) is 18.2 Å². The van der Waals surface area contributed by atoms with Gasteiger partial charge in [0.1, 0.15) is 5.75 Å². The lowest BCUT2D eigenvalue weighted by atomic mass is 9.75. The first-order valence-corrected chi connectivity index (χ1v) is 7.56. The van der Waals surface area contributed by atoms with E-state index < -0.39 is 0 Å². The number of nitrogens with zero attached hydrogens (tertiary/aromatic N) is 1. The van der Waals surface area contributed by atoms with Crippen molar-refractivity contribution in [2.24, 2.45) is 0 Å². The molecule has 1 N–H and O–H groups in total. The summed E-state index contributed by atoms with van der Waals surface area (Å²) in [6, 6.07) is 13.5. The molecule has 2 aromatic rings. The van der Waals surface area contributed by atoms with E-state index >= 15 is 0 Å². The van der Waals surface area contributed by atoms with Gasteiger partial charge in [-0.05, 0) is 55.0 Å². The largest absolute Gasteiger partial charge is 0.497 e. The molecule has 0 unspecified atom stereocenters. The summed E-state index contributed by atoms with van der Waals surface area (Å²) in [5, 5.41) is 3.69. The van der Waals surface area contributed by atoms with Crippen LogP contribution in [-0.2, 0) is 0 Å². The molecule has 110 valence electrons. The van der Waals surface area contributed by atoms with E-state index in [4.69, 9.17) is 4.74 Å². The van der Waals surface area contributed by atoms with Gasteiger partial charge in [-0.25, -0.2) is 0 Å². The van der Waals surface area contributed by atoms with Crippen LogP contribution in [0.25, 0.3) is 0 Å². The van der Waals surface area contributed by atoms with Crippen LogP contribution in [0.15, 0.2) is 48.8 Å². The summed E-state index contributed by atoms with van der Waals surface area (Å²) in [6.07, 6.45) is 6.14. The number of rotatable bonds is 5. The Bertz CT molecular complexity index is 579. The van der Waals surface area contributed by atoms with E-state index in [2.05, 4.69) is 41.5 Å². The molecule has 0 amide bonds. The lowest BCUT2D eigenvalue weighted by Gasteiger charge is -2.38. The van der Waals surface area contributed by atoms with Crippen molar-refractivity contribution in [2.45, 2.75) is 37.8 Å². The van der Waals surface area contributed by atoms with Crippen LogP contribution in [0.3, 0.4) is 0 Å². The predicted octanol–water partition coefficient (Wildman–Crippen LogP) is 3.69.